The Kier molecular flexibility index (Phi) is 5.67. The van der Waals surface area contributed by atoms with Crippen molar-refractivity contribution >= 4 is 17.5 Å². The van der Waals surface area contributed by atoms with Crippen LogP contribution >= 0.6 is 11.8 Å². The predicted molar refractivity (Wildman–Crippen MR) is 47.4 cm³/mol. The molecule has 0 rings (SSSR count). The summed E-state index contributed by atoms with van der Waals surface area (Å²) in [4.78, 5) is 4.83. The number of nitriles is 1. The van der Waals surface area contributed by atoms with Crippen LogP contribution < -0.4 is 0 Å². The maximum absolute atomic E-state index is 8.33. The van der Waals surface area contributed by atoms with E-state index in [1.165, 1.54) is 11.8 Å². The third kappa shape index (κ3) is 4.68. The molecule has 0 heterocycles. The van der Waals surface area contributed by atoms with Gasteiger partial charge in [0.1, 0.15) is 12.0 Å². The van der Waals surface area contributed by atoms with E-state index in [1.807, 2.05) is 26.2 Å². The van der Waals surface area contributed by atoms with E-state index >= 15 is 0 Å². The van der Waals surface area contributed by atoms with Gasteiger partial charge in [0.15, 0.2) is 0 Å². The van der Waals surface area contributed by atoms with Crippen molar-refractivity contribution in [1.82, 2.24) is 0 Å². The zero-order valence-electron chi connectivity index (χ0n) is 7.00. The molecule has 4 heteroatoms. The van der Waals surface area contributed by atoms with Gasteiger partial charge < -0.3 is 4.84 Å². The van der Waals surface area contributed by atoms with E-state index in [9.17, 15) is 0 Å². The van der Waals surface area contributed by atoms with E-state index in [-0.39, 0.29) is 5.25 Å². The lowest BCUT2D eigenvalue weighted by Crippen LogP contribution is -2.08. The number of hydrogen-bond acceptors (Lipinski definition) is 4. The third-order valence-electron chi connectivity index (χ3n) is 1.16. The molecule has 0 aromatic rings. The monoisotopic (exact) mass is 172 g/mol. The highest BCUT2D eigenvalue weighted by Crippen LogP contribution is 2.09. The van der Waals surface area contributed by atoms with Crippen LogP contribution in [0.15, 0.2) is 5.16 Å². The molecule has 11 heavy (non-hydrogen) atoms. The first-order chi connectivity index (χ1) is 5.22. The van der Waals surface area contributed by atoms with Crippen molar-refractivity contribution in [3.8, 4) is 5.40 Å². The summed E-state index contributed by atoms with van der Waals surface area (Å²) in [5.74, 6) is 0. The van der Waals surface area contributed by atoms with Gasteiger partial charge in [-0.3, -0.25) is 0 Å². The summed E-state index contributed by atoms with van der Waals surface area (Å²) in [5.41, 5.74) is 0.846. The molecule has 0 N–H and O–H groups in total. The van der Waals surface area contributed by atoms with E-state index < -0.39 is 0 Å². The minimum absolute atomic E-state index is 0.117. The highest BCUT2D eigenvalue weighted by atomic mass is 32.2. The predicted octanol–water partition coefficient (Wildman–Crippen LogP) is 2.00. The van der Waals surface area contributed by atoms with Gasteiger partial charge in [-0.15, -0.1) is 0 Å². The average Bonchev–Trinajstić information content (AvgIpc) is 2.00. The topological polar surface area (TPSA) is 45.4 Å². The molecule has 3 nitrogen and oxygen atoms in total. The van der Waals surface area contributed by atoms with Gasteiger partial charge >= 0.3 is 0 Å². The van der Waals surface area contributed by atoms with Crippen LogP contribution in [0.4, 0.5) is 0 Å². The molecular formula is C7H12N2OS. The molecule has 0 saturated heterocycles. The van der Waals surface area contributed by atoms with Gasteiger partial charge in [-0.2, -0.15) is 5.26 Å². The highest BCUT2D eigenvalue weighted by molar-refractivity contribution is 8.04. The van der Waals surface area contributed by atoms with Crippen LogP contribution in [0.5, 0.6) is 0 Å². The summed E-state index contributed by atoms with van der Waals surface area (Å²) in [6.07, 6.45) is 0. The first kappa shape index (κ1) is 10.3. The van der Waals surface area contributed by atoms with Crippen molar-refractivity contribution in [2.45, 2.75) is 26.0 Å². The molecule has 0 fully saturated rings. The minimum atomic E-state index is 0.117. The molecule has 0 spiro atoms. The van der Waals surface area contributed by atoms with Gasteiger partial charge in [-0.1, -0.05) is 5.16 Å². The van der Waals surface area contributed by atoms with Gasteiger partial charge in [0.05, 0.1) is 11.0 Å². The van der Waals surface area contributed by atoms with Crippen LogP contribution in [0, 0.1) is 10.7 Å². The smallest absolute Gasteiger partial charge is 0.134 e. The van der Waals surface area contributed by atoms with Crippen molar-refractivity contribution in [3.63, 3.8) is 0 Å². The Labute approximate surface area is 71.4 Å². The summed E-state index contributed by atoms with van der Waals surface area (Å²) in [5, 5.41) is 14.3. The average molecular weight is 172 g/mol. The Bertz CT molecular complexity index is 174. The van der Waals surface area contributed by atoms with E-state index in [4.69, 9.17) is 10.1 Å². The molecule has 0 aliphatic rings. The number of hydrogen-bond donors (Lipinski definition) is 0. The van der Waals surface area contributed by atoms with Crippen molar-refractivity contribution in [3.05, 3.63) is 0 Å². The normalized spacial score (nSPS) is 13.8. The van der Waals surface area contributed by atoms with E-state index in [1.54, 1.807) is 0 Å². The molecule has 0 unspecified atom stereocenters. The molecule has 0 aromatic heterocycles. The summed E-state index contributed by atoms with van der Waals surface area (Å²) >= 11 is 1.18. The summed E-state index contributed by atoms with van der Waals surface area (Å²) in [6.45, 7) is 6.22. The van der Waals surface area contributed by atoms with Crippen LogP contribution in [0.1, 0.15) is 20.8 Å². The number of rotatable bonds is 4. The molecule has 0 amide bonds. The van der Waals surface area contributed by atoms with Crippen molar-refractivity contribution in [2.75, 3.05) is 6.61 Å². The molecule has 1 atom stereocenters. The SMILES string of the molecule is CCO/N=C(\C)[C@@H](C)SC#N. The van der Waals surface area contributed by atoms with Crippen LogP contribution in [0.2, 0.25) is 0 Å². The Morgan fingerprint density at radius 2 is 2.45 bits per heavy atom. The van der Waals surface area contributed by atoms with Gasteiger partial charge in [0.2, 0.25) is 0 Å². The van der Waals surface area contributed by atoms with E-state index in [0.29, 0.717) is 6.61 Å². The van der Waals surface area contributed by atoms with Gasteiger partial charge in [0, 0.05) is 0 Å². The lowest BCUT2D eigenvalue weighted by molar-refractivity contribution is 0.158. The zero-order chi connectivity index (χ0) is 8.69. The lowest BCUT2D eigenvalue weighted by atomic mass is 10.3. The van der Waals surface area contributed by atoms with Crippen LogP contribution in [0.25, 0.3) is 0 Å². The van der Waals surface area contributed by atoms with Gasteiger partial charge in [0.25, 0.3) is 0 Å². The Hall–Kier alpha value is -0.690. The molecular weight excluding hydrogens is 160 g/mol. The van der Waals surface area contributed by atoms with E-state index in [2.05, 4.69) is 5.16 Å². The maximum Gasteiger partial charge on any atom is 0.134 e. The molecule has 0 aromatic carbocycles. The lowest BCUT2D eigenvalue weighted by Gasteiger charge is -2.03. The second kappa shape index (κ2) is 6.05. The Morgan fingerprint density at radius 1 is 1.82 bits per heavy atom. The molecule has 0 radical (unpaired) electrons. The first-order valence-electron chi connectivity index (χ1n) is 3.43. The maximum atomic E-state index is 8.33. The minimum Gasteiger partial charge on any atom is -0.396 e. The zero-order valence-corrected chi connectivity index (χ0v) is 7.81. The number of thioether (sulfide) groups is 1. The summed E-state index contributed by atoms with van der Waals surface area (Å²) in [7, 11) is 0. The van der Waals surface area contributed by atoms with Gasteiger partial charge in [-0.05, 0) is 32.5 Å². The van der Waals surface area contributed by atoms with Crippen molar-refractivity contribution < 1.29 is 4.84 Å². The third-order valence-corrected chi connectivity index (χ3v) is 1.96. The highest BCUT2D eigenvalue weighted by Gasteiger charge is 2.05. The molecule has 0 bridgehead atoms. The summed E-state index contributed by atoms with van der Waals surface area (Å²) < 4.78 is 0. The fourth-order valence-corrected chi connectivity index (χ4v) is 0.777. The Balaban J connectivity index is 3.81. The number of thiocyanates is 1. The first-order valence-corrected chi connectivity index (χ1v) is 4.31. The van der Waals surface area contributed by atoms with Crippen LogP contribution in [0.3, 0.4) is 0 Å². The van der Waals surface area contributed by atoms with E-state index in [0.717, 1.165) is 5.71 Å². The number of nitrogens with zero attached hydrogens (tertiary/aromatic N) is 2. The number of oxime groups is 1. The standard InChI is InChI=1S/C7H12N2OS/c1-4-10-9-6(2)7(3)11-5-8/h7H,4H2,1-3H3/b9-6+/t7-/m1/s1. The quantitative estimate of drug-likeness (QED) is 0.370. The molecule has 0 saturated carbocycles. The van der Waals surface area contributed by atoms with Crippen molar-refractivity contribution in [2.24, 2.45) is 5.16 Å². The molecule has 0 aliphatic heterocycles. The van der Waals surface area contributed by atoms with Crippen LogP contribution in [-0.4, -0.2) is 17.6 Å². The molecule has 0 aliphatic carbocycles. The summed E-state index contributed by atoms with van der Waals surface area (Å²) in [6, 6.07) is 0. The second-order valence-electron chi connectivity index (χ2n) is 2.00. The Morgan fingerprint density at radius 3 is 2.91 bits per heavy atom. The van der Waals surface area contributed by atoms with Crippen LogP contribution in [-0.2, 0) is 4.84 Å². The van der Waals surface area contributed by atoms with Gasteiger partial charge in [-0.25, -0.2) is 0 Å². The fourth-order valence-electron chi connectivity index (χ4n) is 0.405. The largest absolute Gasteiger partial charge is 0.396 e. The molecule has 62 valence electrons. The van der Waals surface area contributed by atoms with Crippen molar-refractivity contribution in [1.29, 1.82) is 5.26 Å². The second-order valence-corrected chi connectivity index (χ2v) is 3.13. The fraction of sp³-hybridized carbons (Fsp3) is 0.714.